The zero-order valence-electron chi connectivity index (χ0n) is 6.53. The molecular formula is C11H8O. The summed E-state index contributed by atoms with van der Waals surface area (Å²) >= 11 is 0. The third-order valence-electron chi connectivity index (χ3n) is 1.48. The highest BCUT2D eigenvalue weighted by atomic mass is 16.1. The Kier molecular flexibility index (Phi) is 2.87. The van der Waals surface area contributed by atoms with Crippen molar-refractivity contribution in [3.05, 3.63) is 42.0 Å². The van der Waals surface area contributed by atoms with E-state index in [9.17, 15) is 4.79 Å². The molecule has 0 bridgehead atoms. The predicted octanol–water partition coefficient (Wildman–Crippen LogP) is 1.90. The molecule has 0 fully saturated rings. The lowest BCUT2D eigenvalue weighted by atomic mass is 10.1. The second-order valence-electron chi connectivity index (χ2n) is 2.23. The summed E-state index contributed by atoms with van der Waals surface area (Å²) in [6.45, 7) is 0. The molecule has 1 aromatic rings. The fraction of sp³-hybridized carbons (Fsp3) is 0. The Labute approximate surface area is 71.7 Å². The van der Waals surface area contributed by atoms with E-state index in [0.717, 1.165) is 5.56 Å². The third-order valence-corrected chi connectivity index (χ3v) is 1.48. The van der Waals surface area contributed by atoms with Crippen LogP contribution >= 0.6 is 0 Å². The van der Waals surface area contributed by atoms with E-state index >= 15 is 0 Å². The van der Waals surface area contributed by atoms with Gasteiger partial charge >= 0.3 is 0 Å². The first-order valence-corrected chi connectivity index (χ1v) is 3.56. The predicted molar refractivity (Wildman–Crippen MR) is 49.3 cm³/mol. The second-order valence-corrected chi connectivity index (χ2v) is 2.23. The summed E-state index contributed by atoms with van der Waals surface area (Å²) < 4.78 is 0. The summed E-state index contributed by atoms with van der Waals surface area (Å²) in [5, 5.41) is 0. The van der Waals surface area contributed by atoms with Gasteiger partial charge in [0.05, 0.1) is 0 Å². The molecule has 0 aliphatic carbocycles. The molecule has 1 nitrogen and oxygen atoms in total. The number of rotatable bonds is 2. The van der Waals surface area contributed by atoms with Crippen LogP contribution in [0.1, 0.15) is 5.56 Å². The van der Waals surface area contributed by atoms with E-state index in [0.29, 0.717) is 11.9 Å². The van der Waals surface area contributed by atoms with Crippen molar-refractivity contribution < 1.29 is 4.79 Å². The van der Waals surface area contributed by atoms with E-state index in [2.05, 4.69) is 5.92 Å². The summed E-state index contributed by atoms with van der Waals surface area (Å²) in [5.74, 6) is 2.45. The van der Waals surface area contributed by atoms with Crippen molar-refractivity contribution in [1.29, 1.82) is 0 Å². The number of terminal acetylenes is 1. The molecule has 0 amide bonds. The van der Waals surface area contributed by atoms with Crippen molar-refractivity contribution >= 4 is 11.9 Å². The molecule has 0 atom stereocenters. The molecule has 1 rings (SSSR count). The molecule has 0 N–H and O–H groups in total. The average Bonchev–Trinajstić information content (AvgIpc) is 2.15. The van der Waals surface area contributed by atoms with Crippen LogP contribution in [-0.4, -0.2) is 6.29 Å². The minimum absolute atomic E-state index is 0.616. The smallest absolute Gasteiger partial charge is 0.144 e. The van der Waals surface area contributed by atoms with E-state index in [-0.39, 0.29) is 0 Å². The maximum absolute atomic E-state index is 10.2. The van der Waals surface area contributed by atoms with Gasteiger partial charge in [-0.2, -0.15) is 0 Å². The van der Waals surface area contributed by atoms with Gasteiger partial charge in [0.2, 0.25) is 0 Å². The first-order chi connectivity index (χ1) is 5.88. The van der Waals surface area contributed by atoms with Crippen molar-refractivity contribution in [3.63, 3.8) is 0 Å². The molecular weight excluding hydrogens is 148 g/mol. The van der Waals surface area contributed by atoms with Crippen LogP contribution in [0.25, 0.3) is 5.57 Å². The second kappa shape index (κ2) is 4.15. The van der Waals surface area contributed by atoms with Crippen molar-refractivity contribution in [1.82, 2.24) is 0 Å². The summed E-state index contributed by atoms with van der Waals surface area (Å²) in [6, 6.07) is 9.40. The Morgan fingerprint density at radius 1 is 1.33 bits per heavy atom. The zero-order valence-corrected chi connectivity index (χ0v) is 6.53. The van der Waals surface area contributed by atoms with E-state index in [1.807, 2.05) is 30.3 Å². The van der Waals surface area contributed by atoms with E-state index in [1.54, 1.807) is 0 Å². The fourth-order valence-electron chi connectivity index (χ4n) is 0.913. The molecule has 0 unspecified atom stereocenters. The first kappa shape index (κ1) is 8.29. The molecule has 12 heavy (non-hydrogen) atoms. The largest absolute Gasteiger partial charge is 0.299 e. The van der Waals surface area contributed by atoms with Gasteiger partial charge in [-0.05, 0) is 11.6 Å². The Morgan fingerprint density at radius 3 is 2.50 bits per heavy atom. The molecule has 1 aromatic carbocycles. The van der Waals surface area contributed by atoms with Crippen LogP contribution in [0.4, 0.5) is 0 Å². The van der Waals surface area contributed by atoms with E-state index in [4.69, 9.17) is 6.42 Å². The molecule has 0 aliphatic heterocycles. The Morgan fingerprint density at radius 2 is 2.00 bits per heavy atom. The average molecular weight is 156 g/mol. The number of hydrogen-bond donors (Lipinski definition) is 0. The molecule has 1 heteroatoms. The standard InChI is InChI=1S/C11H8O/c1-2-10(8-9-12)11-6-4-3-5-7-11/h1,3-9H/b10-8+. The van der Waals surface area contributed by atoms with Gasteiger partial charge in [-0.25, -0.2) is 0 Å². The van der Waals surface area contributed by atoms with Crippen molar-refractivity contribution in [3.8, 4) is 12.3 Å². The summed E-state index contributed by atoms with van der Waals surface area (Å²) in [4.78, 5) is 10.2. The molecule has 0 spiro atoms. The topological polar surface area (TPSA) is 17.1 Å². The first-order valence-electron chi connectivity index (χ1n) is 3.56. The van der Waals surface area contributed by atoms with Crippen LogP contribution in [0, 0.1) is 12.3 Å². The third kappa shape index (κ3) is 1.83. The van der Waals surface area contributed by atoms with Crippen molar-refractivity contribution in [2.45, 2.75) is 0 Å². The molecule has 0 aromatic heterocycles. The monoisotopic (exact) mass is 156 g/mol. The lowest BCUT2D eigenvalue weighted by Crippen LogP contribution is -1.80. The minimum atomic E-state index is 0.616. The summed E-state index contributed by atoms with van der Waals surface area (Å²) in [7, 11) is 0. The number of benzene rings is 1. The maximum atomic E-state index is 10.2. The van der Waals surface area contributed by atoms with Gasteiger partial charge in [0.25, 0.3) is 0 Å². The highest BCUT2D eigenvalue weighted by molar-refractivity contribution is 5.88. The minimum Gasteiger partial charge on any atom is -0.299 e. The van der Waals surface area contributed by atoms with Gasteiger partial charge in [-0.3, -0.25) is 4.79 Å². The molecule has 0 aliphatic rings. The van der Waals surface area contributed by atoms with Gasteiger partial charge in [-0.1, -0.05) is 36.3 Å². The Balaban J connectivity index is 3.06. The highest BCUT2D eigenvalue weighted by Crippen LogP contribution is 2.11. The van der Waals surface area contributed by atoms with Gasteiger partial charge < -0.3 is 0 Å². The van der Waals surface area contributed by atoms with Crippen LogP contribution in [0.5, 0.6) is 0 Å². The fourth-order valence-corrected chi connectivity index (χ4v) is 0.913. The number of carbonyl (C=O) groups is 1. The zero-order chi connectivity index (χ0) is 8.81. The van der Waals surface area contributed by atoms with Crippen molar-refractivity contribution in [2.75, 3.05) is 0 Å². The number of hydrogen-bond acceptors (Lipinski definition) is 1. The lowest BCUT2D eigenvalue weighted by molar-refractivity contribution is -0.104. The van der Waals surface area contributed by atoms with Gasteiger partial charge in [0, 0.05) is 5.57 Å². The van der Waals surface area contributed by atoms with E-state index in [1.165, 1.54) is 6.08 Å². The molecule has 0 saturated carbocycles. The number of aldehydes is 1. The lowest BCUT2D eigenvalue weighted by Gasteiger charge is -1.96. The quantitative estimate of drug-likeness (QED) is 0.363. The molecule has 0 saturated heterocycles. The van der Waals surface area contributed by atoms with Gasteiger partial charge in [-0.15, -0.1) is 6.42 Å². The van der Waals surface area contributed by atoms with Crippen LogP contribution in [0.15, 0.2) is 36.4 Å². The van der Waals surface area contributed by atoms with E-state index < -0.39 is 0 Å². The van der Waals surface area contributed by atoms with Crippen molar-refractivity contribution in [2.24, 2.45) is 0 Å². The Hall–Kier alpha value is -1.81. The molecule has 0 radical (unpaired) electrons. The van der Waals surface area contributed by atoms with Crippen LogP contribution in [-0.2, 0) is 4.79 Å². The summed E-state index contributed by atoms with van der Waals surface area (Å²) in [5.41, 5.74) is 1.51. The molecule has 58 valence electrons. The number of allylic oxidation sites excluding steroid dienone is 2. The van der Waals surface area contributed by atoms with Crippen LogP contribution < -0.4 is 0 Å². The van der Waals surface area contributed by atoms with Crippen LogP contribution in [0.2, 0.25) is 0 Å². The summed E-state index contributed by atoms with van der Waals surface area (Å²) in [6.07, 6.45) is 7.29. The number of carbonyl (C=O) groups excluding carboxylic acids is 1. The Bertz CT molecular complexity index is 328. The SMILES string of the molecule is C#C/C(=C\C=O)c1ccccc1. The maximum Gasteiger partial charge on any atom is 0.144 e. The molecule has 0 heterocycles. The van der Waals surface area contributed by atoms with Gasteiger partial charge in [0.15, 0.2) is 0 Å². The highest BCUT2D eigenvalue weighted by Gasteiger charge is 1.94. The normalized spacial score (nSPS) is 10.4. The van der Waals surface area contributed by atoms with Gasteiger partial charge in [0.1, 0.15) is 6.29 Å². The van der Waals surface area contributed by atoms with Crippen LogP contribution in [0.3, 0.4) is 0 Å².